The van der Waals surface area contributed by atoms with Gasteiger partial charge in [0.1, 0.15) is 11.3 Å². The third-order valence-electron chi connectivity index (χ3n) is 2.78. The SMILES string of the molecule is O=C(O)c1cn(CCCOc2ccccc2)ccc1=O. The summed E-state index contributed by atoms with van der Waals surface area (Å²) in [6.45, 7) is 1.12. The largest absolute Gasteiger partial charge is 0.494 e. The Labute approximate surface area is 116 Å². The van der Waals surface area contributed by atoms with Crippen LogP contribution in [0.15, 0.2) is 53.6 Å². The van der Waals surface area contributed by atoms with Gasteiger partial charge < -0.3 is 14.4 Å². The van der Waals surface area contributed by atoms with Crippen LogP contribution < -0.4 is 10.2 Å². The molecule has 1 aromatic carbocycles. The number of hydrogen-bond donors (Lipinski definition) is 1. The smallest absolute Gasteiger partial charge is 0.341 e. The summed E-state index contributed by atoms with van der Waals surface area (Å²) in [5, 5.41) is 8.87. The minimum absolute atomic E-state index is 0.212. The van der Waals surface area contributed by atoms with E-state index >= 15 is 0 Å². The number of aromatic carboxylic acids is 1. The summed E-state index contributed by atoms with van der Waals surface area (Å²) in [5.41, 5.74) is -0.689. The molecule has 0 aliphatic carbocycles. The maximum atomic E-state index is 11.3. The number of aromatic nitrogens is 1. The lowest BCUT2D eigenvalue weighted by Gasteiger charge is -2.08. The first-order chi connectivity index (χ1) is 9.66. The van der Waals surface area contributed by atoms with Crippen LogP contribution in [0.1, 0.15) is 16.8 Å². The average Bonchev–Trinajstić information content (AvgIpc) is 2.46. The van der Waals surface area contributed by atoms with Crippen LogP contribution in [0.5, 0.6) is 5.75 Å². The van der Waals surface area contributed by atoms with Crippen molar-refractivity contribution >= 4 is 5.97 Å². The van der Waals surface area contributed by atoms with Crippen molar-refractivity contribution in [2.45, 2.75) is 13.0 Å². The number of hydrogen-bond acceptors (Lipinski definition) is 3. The van der Waals surface area contributed by atoms with Gasteiger partial charge in [0, 0.05) is 25.0 Å². The molecule has 0 atom stereocenters. The van der Waals surface area contributed by atoms with Gasteiger partial charge in [0.25, 0.3) is 0 Å². The van der Waals surface area contributed by atoms with E-state index in [2.05, 4.69) is 0 Å². The molecule has 0 aliphatic heterocycles. The second-order valence-corrected chi connectivity index (χ2v) is 4.28. The highest BCUT2D eigenvalue weighted by Crippen LogP contribution is 2.08. The van der Waals surface area contributed by atoms with Gasteiger partial charge in [-0.1, -0.05) is 18.2 Å². The Balaban J connectivity index is 1.87. The summed E-state index contributed by atoms with van der Waals surface area (Å²) >= 11 is 0. The second-order valence-electron chi connectivity index (χ2n) is 4.28. The lowest BCUT2D eigenvalue weighted by molar-refractivity contribution is 0.0694. The molecule has 2 aromatic rings. The maximum absolute atomic E-state index is 11.3. The standard InChI is InChI=1S/C15H15NO4/c17-14-7-9-16(11-13(14)15(18)19)8-4-10-20-12-5-2-1-3-6-12/h1-3,5-7,9,11H,4,8,10H2,(H,18,19). The Morgan fingerprint density at radius 3 is 2.65 bits per heavy atom. The lowest BCUT2D eigenvalue weighted by Crippen LogP contribution is -2.17. The average molecular weight is 273 g/mol. The first-order valence-corrected chi connectivity index (χ1v) is 6.28. The fourth-order valence-corrected chi connectivity index (χ4v) is 1.78. The molecule has 1 aromatic heterocycles. The molecule has 1 N–H and O–H groups in total. The van der Waals surface area contributed by atoms with E-state index in [9.17, 15) is 9.59 Å². The fourth-order valence-electron chi connectivity index (χ4n) is 1.78. The van der Waals surface area contributed by atoms with Crippen molar-refractivity contribution in [3.05, 3.63) is 64.6 Å². The van der Waals surface area contributed by atoms with Gasteiger partial charge in [-0.05, 0) is 18.6 Å². The van der Waals surface area contributed by atoms with Crippen LogP contribution in [0.3, 0.4) is 0 Å². The first kappa shape index (κ1) is 13.9. The Morgan fingerprint density at radius 2 is 1.95 bits per heavy atom. The molecule has 5 nitrogen and oxygen atoms in total. The fraction of sp³-hybridized carbons (Fsp3) is 0.200. The molecule has 0 spiro atoms. The van der Waals surface area contributed by atoms with Crippen LogP contribution in [-0.2, 0) is 6.54 Å². The summed E-state index contributed by atoms with van der Waals surface area (Å²) in [5.74, 6) is -0.400. The molecule has 0 radical (unpaired) electrons. The molecule has 5 heteroatoms. The van der Waals surface area contributed by atoms with Crippen LogP contribution in [0.25, 0.3) is 0 Å². The normalized spacial score (nSPS) is 10.2. The van der Waals surface area contributed by atoms with E-state index in [0.717, 1.165) is 12.2 Å². The summed E-state index contributed by atoms with van der Waals surface area (Å²) in [4.78, 5) is 22.2. The van der Waals surface area contributed by atoms with Crippen molar-refractivity contribution in [3.8, 4) is 5.75 Å². The van der Waals surface area contributed by atoms with Crippen molar-refractivity contribution in [3.63, 3.8) is 0 Å². The topological polar surface area (TPSA) is 68.5 Å². The van der Waals surface area contributed by atoms with Gasteiger partial charge in [-0.3, -0.25) is 4.79 Å². The van der Waals surface area contributed by atoms with Crippen molar-refractivity contribution in [2.24, 2.45) is 0 Å². The van der Waals surface area contributed by atoms with E-state index in [-0.39, 0.29) is 5.56 Å². The van der Waals surface area contributed by atoms with Crippen molar-refractivity contribution in [1.82, 2.24) is 4.57 Å². The van der Waals surface area contributed by atoms with Crippen LogP contribution in [-0.4, -0.2) is 22.2 Å². The zero-order chi connectivity index (χ0) is 14.4. The minimum atomic E-state index is -1.20. The van der Waals surface area contributed by atoms with E-state index in [1.54, 1.807) is 10.8 Å². The molecule has 0 saturated carbocycles. The second kappa shape index (κ2) is 6.56. The molecule has 0 aliphatic rings. The molecule has 20 heavy (non-hydrogen) atoms. The molecule has 104 valence electrons. The molecule has 1 heterocycles. The van der Waals surface area contributed by atoms with Crippen molar-refractivity contribution in [2.75, 3.05) is 6.61 Å². The third-order valence-corrected chi connectivity index (χ3v) is 2.78. The summed E-state index contributed by atoms with van der Waals surface area (Å²) in [7, 11) is 0. The van der Waals surface area contributed by atoms with Crippen LogP contribution >= 0.6 is 0 Å². The van der Waals surface area contributed by atoms with E-state index < -0.39 is 11.4 Å². The number of carboxylic acid groups (broad SMARTS) is 1. The molecule has 0 amide bonds. The number of benzene rings is 1. The Morgan fingerprint density at radius 1 is 1.20 bits per heavy atom. The number of nitrogens with zero attached hydrogens (tertiary/aromatic N) is 1. The highest BCUT2D eigenvalue weighted by atomic mass is 16.5. The van der Waals surface area contributed by atoms with Crippen molar-refractivity contribution in [1.29, 1.82) is 0 Å². The predicted molar refractivity (Wildman–Crippen MR) is 74.2 cm³/mol. The van der Waals surface area contributed by atoms with Gasteiger partial charge in [-0.15, -0.1) is 0 Å². The van der Waals surface area contributed by atoms with E-state index in [1.807, 2.05) is 30.3 Å². The van der Waals surface area contributed by atoms with Gasteiger partial charge in [0.15, 0.2) is 5.43 Å². The van der Waals surface area contributed by atoms with Crippen molar-refractivity contribution < 1.29 is 14.6 Å². The zero-order valence-corrected chi connectivity index (χ0v) is 10.9. The van der Waals surface area contributed by atoms with Crippen LogP contribution in [0.4, 0.5) is 0 Å². The molecular formula is C15H15NO4. The monoisotopic (exact) mass is 273 g/mol. The van der Waals surface area contributed by atoms with E-state index in [0.29, 0.717) is 13.2 Å². The number of rotatable bonds is 6. The predicted octanol–water partition coefficient (Wildman–Crippen LogP) is 2.02. The molecule has 0 fully saturated rings. The molecule has 0 bridgehead atoms. The molecule has 2 rings (SSSR count). The van der Waals surface area contributed by atoms with Gasteiger partial charge >= 0.3 is 5.97 Å². The highest BCUT2D eigenvalue weighted by Gasteiger charge is 2.07. The maximum Gasteiger partial charge on any atom is 0.341 e. The number of para-hydroxylation sites is 1. The quantitative estimate of drug-likeness (QED) is 0.817. The van der Waals surface area contributed by atoms with E-state index in [1.165, 1.54) is 12.3 Å². The Kier molecular flexibility index (Phi) is 4.55. The number of aryl methyl sites for hydroxylation is 1. The third kappa shape index (κ3) is 3.71. The number of ether oxygens (including phenoxy) is 1. The Bertz CT molecular complexity index is 634. The van der Waals surface area contributed by atoms with Gasteiger partial charge in [0.2, 0.25) is 0 Å². The minimum Gasteiger partial charge on any atom is -0.494 e. The van der Waals surface area contributed by atoms with Gasteiger partial charge in [-0.2, -0.15) is 0 Å². The summed E-state index contributed by atoms with van der Waals surface area (Å²) in [6, 6.07) is 10.7. The molecule has 0 saturated heterocycles. The van der Waals surface area contributed by atoms with Gasteiger partial charge in [0.05, 0.1) is 6.61 Å². The Hall–Kier alpha value is -2.56. The highest BCUT2D eigenvalue weighted by molar-refractivity contribution is 5.86. The summed E-state index contributed by atoms with van der Waals surface area (Å²) in [6.07, 6.45) is 3.65. The number of carboxylic acids is 1. The van der Waals surface area contributed by atoms with Crippen LogP contribution in [0, 0.1) is 0 Å². The van der Waals surface area contributed by atoms with Gasteiger partial charge in [-0.25, -0.2) is 4.79 Å². The van der Waals surface area contributed by atoms with E-state index in [4.69, 9.17) is 9.84 Å². The molecule has 0 unspecified atom stereocenters. The summed E-state index contributed by atoms with van der Waals surface area (Å²) < 4.78 is 7.22. The van der Waals surface area contributed by atoms with Crippen LogP contribution in [0.2, 0.25) is 0 Å². The first-order valence-electron chi connectivity index (χ1n) is 6.28. The lowest BCUT2D eigenvalue weighted by atomic mass is 10.2. The number of pyridine rings is 1. The number of carbonyl (C=O) groups is 1. The molecular weight excluding hydrogens is 258 g/mol. The zero-order valence-electron chi connectivity index (χ0n) is 10.9.